The topological polar surface area (TPSA) is 32.3 Å². The largest absolute Gasteiger partial charge is 0.336 e. The summed E-state index contributed by atoms with van der Waals surface area (Å²) >= 11 is 0. The van der Waals surface area contributed by atoms with Crippen LogP contribution in [0.5, 0.6) is 0 Å². The Kier molecular flexibility index (Phi) is 5.17. The van der Waals surface area contributed by atoms with Gasteiger partial charge in [0.25, 0.3) is 5.91 Å². The first kappa shape index (κ1) is 15.0. The third-order valence-corrected chi connectivity index (χ3v) is 3.28. The van der Waals surface area contributed by atoms with Gasteiger partial charge in [-0.15, -0.1) is 12.4 Å². The summed E-state index contributed by atoms with van der Waals surface area (Å²) in [5.41, 5.74) is 3.05. The molecule has 1 saturated heterocycles. The number of amides is 1. The average molecular weight is 269 g/mol. The molecule has 100 valence electrons. The van der Waals surface area contributed by atoms with E-state index in [1.54, 1.807) is 0 Å². The van der Waals surface area contributed by atoms with E-state index in [2.05, 4.69) is 12.2 Å². The van der Waals surface area contributed by atoms with E-state index in [1.165, 1.54) is 0 Å². The highest BCUT2D eigenvalue weighted by molar-refractivity contribution is 5.96. The number of nitrogens with zero attached hydrogens (tertiary/aromatic N) is 1. The number of hydrogen-bond acceptors (Lipinski definition) is 2. The predicted molar refractivity (Wildman–Crippen MR) is 76.5 cm³/mol. The lowest BCUT2D eigenvalue weighted by Gasteiger charge is -2.32. The molecule has 0 radical (unpaired) electrons. The maximum atomic E-state index is 12.4. The van der Waals surface area contributed by atoms with Crippen LogP contribution in [0.25, 0.3) is 0 Å². The Labute approximate surface area is 115 Å². The molecule has 1 fully saturated rings. The number of hydrogen-bond donors (Lipinski definition) is 1. The molecule has 1 unspecified atom stereocenters. The molecule has 1 atom stereocenters. The van der Waals surface area contributed by atoms with Crippen molar-refractivity contribution in [3.8, 4) is 0 Å². The fourth-order valence-electron chi connectivity index (χ4n) is 2.25. The van der Waals surface area contributed by atoms with Crippen LogP contribution >= 0.6 is 12.4 Å². The Morgan fingerprint density at radius 3 is 2.78 bits per heavy atom. The van der Waals surface area contributed by atoms with E-state index in [4.69, 9.17) is 0 Å². The summed E-state index contributed by atoms with van der Waals surface area (Å²) in [6.07, 6.45) is 0. The third kappa shape index (κ3) is 3.24. The minimum Gasteiger partial charge on any atom is -0.336 e. The van der Waals surface area contributed by atoms with Crippen molar-refractivity contribution in [3.63, 3.8) is 0 Å². The molecule has 0 aromatic heterocycles. The summed E-state index contributed by atoms with van der Waals surface area (Å²) in [5.74, 6) is 0.166. The molecule has 0 spiro atoms. The summed E-state index contributed by atoms with van der Waals surface area (Å²) in [4.78, 5) is 14.4. The van der Waals surface area contributed by atoms with Gasteiger partial charge in [0.2, 0.25) is 0 Å². The number of rotatable bonds is 1. The third-order valence-electron chi connectivity index (χ3n) is 3.28. The van der Waals surface area contributed by atoms with E-state index in [9.17, 15) is 4.79 Å². The van der Waals surface area contributed by atoms with E-state index < -0.39 is 0 Å². The first-order chi connectivity index (χ1) is 8.08. The van der Waals surface area contributed by atoms with Crippen molar-refractivity contribution in [2.45, 2.75) is 26.8 Å². The molecule has 0 bridgehead atoms. The van der Waals surface area contributed by atoms with Crippen LogP contribution in [0.15, 0.2) is 18.2 Å². The number of aryl methyl sites for hydroxylation is 2. The SMILES string of the molecule is Cc1ccc(C)c(C(=O)N2CCNC(C)C2)c1.Cl. The van der Waals surface area contributed by atoms with E-state index in [0.717, 1.165) is 36.3 Å². The van der Waals surface area contributed by atoms with Gasteiger partial charge in [0.15, 0.2) is 0 Å². The van der Waals surface area contributed by atoms with Gasteiger partial charge in [0.1, 0.15) is 0 Å². The second-order valence-electron chi connectivity index (χ2n) is 4.92. The number of benzene rings is 1. The molecule has 2 rings (SSSR count). The van der Waals surface area contributed by atoms with Crippen molar-refractivity contribution in [3.05, 3.63) is 34.9 Å². The van der Waals surface area contributed by atoms with Crippen LogP contribution in [-0.4, -0.2) is 36.5 Å². The zero-order valence-corrected chi connectivity index (χ0v) is 12.0. The Morgan fingerprint density at radius 2 is 2.11 bits per heavy atom. The molecule has 0 saturated carbocycles. The van der Waals surface area contributed by atoms with Crippen molar-refractivity contribution in [2.75, 3.05) is 19.6 Å². The van der Waals surface area contributed by atoms with Crippen LogP contribution in [-0.2, 0) is 0 Å². The monoisotopic (exact) mass is 268 g/mol. The van der Waals surface area contributed by atoms with Gasteiger partial charge in [-0.2, -0.15) is 0 Å². The van der Waals surface area contributed by atoms with Crippen LogP contribution in [0.3, 0.4) is 0 Å². The fraction of sp³-hybridized carbons (Fsp3) is 0.500. The first-order valence-corrected chi connectivity index (χ1v) is 6.18. The summed E-state index contributed by atoms with van der Waals surface area (Å²) in [7, 11) is 0. The maximum Gasteiger partial charge on any atom is 0.254 e. The zero-order chi connectivity index (χ0) is 12.4. The van der Waals surface area contributed by atoms with E-state index >= 15 is 0 Å². The van der Waals surface area contributed by atoms with E-state index in [-0.39, 0.29) is 18.3 Å². The maximum absolute atomic E-state index is 12.4. The molecular weight excluding hydrogens is 248 g/mol. The van der Waals surface area contributed by atoms with Gasteiger partial charge in [-0.1, -0.05) is 17.7 Å². The standard InChI is InChI=1S/C14H20N2O.ClH/c1-10-4-5-11(2)13(8-10)14(17)16-7-6-15-12(3)9-16;/h4-5,8,12,15H,6-7,9H2,1-3H3;1H. The number of piperazine rings is 1. The second kappa shape index (κ2) is 6.21. The quantitative estimate of drug-likeness (QED) is 0.847. The van der Waals surface area contributed by atoms with Gasteiger partial charge in [-0.3, -0.25) is 4.79 Å². The Hall–Kier alpha value is -1.06. The molecule has 4 heteroatoms. The molecule has 1 aromatic rings. The molecule has 1 aromatic carbocycles. The molecule has 1 aliphatic rings. The Morgan fingerprint density at radius 1 is 1.39 bits per heavy atom. The Balaban J connectivity index is 0.00000162. The molecule has 1 N–H and O–H groups in total. The highest BCUT2D eigenvalue weighted by Crippen LogP contribution is 2.14. The molecular formula is C14H21ClN2O. The summed E-state index contributed by atoms with van der Waals surface area (Å²) in [5, 5.41) is 3.35. The summed E-state index contributed by atoms with van der Waals surface area (Å²) < 4.78 is 0. The molecule has 1 amide bonds. The number of carbonyl (C=O) groups is 1. The van der Waals surface area contributed by atoms with Gasteiger partial charge in [0.05, 0.1) is 0 Å². The minimum atomic E-state index is 0. The second-order valence-corrected chi connectivity index (χ2v) is 4.92. The smallest absolute Gasteiger partial charge is 0.254 e. The zero-order valence-electron chi connectivity index (χ0n) is 11.2. The van der Waals surface area contributed by atoms with Gasteiger partial charge in [-0.05, 0) is 32.4 Å². The molecule has 3 nitrogen and oxygen atoms in total. The highest BCUT2D eigenvalue weighted by Gasteiger charge is 2.22. The fourth-order valence-corrected chi connectivity index (χ4v) is 2.25. The normalized spacial score (nSPS) is 19.3. The van der Waals surface area contributed by atoms with Crippen molar-refractivity contribution < 1.29 is 4.79 Å². The average Bonchev–Trinajstić information content (AvgIpc) is 2.31. The van der Waals surface area contributed by atoms with Crippen LogP contribution in [0.2, 0.25) is 0 Å². The molecule has 18 heavy (non-hydrogen) atoms. The highest BCUT2D eigenvalue weighted by atomic mass is 35.5. The number of halogens is 1. The lowest BCUT2D eigenvalue weighted by Crippen LogP contribution is -2.51. The number of nitrogens with one attached hydrogen (secondary N) is 1. The van der Waals surface area contributed by atoms with Gasteiger partial charge >= 0.3 is 0 Å². The van der Waals surface area contributed by atoms with E-state index in [1.807, 2.05) is 36.9 Å². The molecule has 1 aliphatic heterocycles. The minimum absolute atomic E-state index is 0. The van der Waals surface area contributed by atoms with Gasteiger partial charge < -0.3 is 10.2 Å². The van der Waals surface area contributed by atoms with Crippen LogP contribution < -0.4 is 5.32 Å². The van der Waals surface area contributed by atoms with Crippen molar-refractivity contribution in [2.24, 2.45) is 0 Å². The van der Waals surface area contributed by atoms with Crippen molar-refractivity contribution >= 4 is 18.3 Å². The lowest BCUT2D eigenvalue weighted by atomic mass is 10.0. The van der Waals surface area contributed by atoms with Crippen LogP contribution in [0.4, 0.5) is 0 Å². The Bertz CT molecular complexity index is 434. The van der Waals surface area contributed by atoms with Crippen molar-refractivity contribution in [1.29, 1.82) is 0 Å². The molecule has 0 aliphatic carbocycles. The summed E-state index contributed by atoms with van der Waals surface area (Å²) in [6.45, 7) is 8.62. The predicted octanol–water partition coefficient (Wildman–Crippen LogP) is 2.16. The lowest BCUT2D eigenvalue weighted by molar-refractivity contribution is 0.0708. The van der Waals surface area contributed by atoms with Crippen LogP contribution in [0.1, 0.15) is 28.4 Å². The van der Waals surface area contributed by atoms with Crippen molar-refractivity contribution in [1.82, 2.24) is 10.2 Å². The van der Waals surface area contributed by atoms with Gasteiger partial charge in [-0.25, -0.2) is 0 Å². The van der Waals surface area contributed by atoms with E-state index in [0.29, 0.717) is 6.04 Å². The number of carbonyl (C=O) groups excluding carboxylic acids is 1. The van der Waals surface area contributed by atoms with Crippen LogP contribution in [0, 0.1) is 13.8 Å². The van der Waals surface area contributed by atoms with Gasteiger partial charge in [0, 0.05) is 31.2 Å². The summed E-state index contributed by atoms with van der Waals surface area (Å²) in [6, 6.07) is 6.45. The molecule has 1 heterocycles. The first-order valence-electron chi connectivity index (χ1n) is 6.18.